The van der Waals surface area contributed by atoms with Crippen molar-refractivity contribution < 1.29 is 9.21 Å². The van der Waals surface area contributed by atoms with E-state index in [4.69, 9.17) is 16.0 Å². The monoisotopic (exact) mass is 207 g/mol. The van der Waals surface area contributed by atoms with Gasteiger partial charge in [-0.25, -0.2) is 4.98 Å². The maximum atomic E-state index is 10.4. The molecule has 4 heteroatoms. The summed E-state index contributed by atoms with van der Waals surface area (Å²) < 4.78 is 5.21. The molecule has 2 aromatic heterocycles. The highest BCUT2D eigenvalue weighted by Gasteiger charge is 2.03. The Labute approximate surface area is 85.3 Å². The van der Waals surface area contributed by atoms with Crippen molar-refractivity contribution in [2.24, 2.45) is 0 Å². The topological polar surface area (TPSA) is 43.1 Å². The zero-order chi connectivity index (χ0) is 9.97. The molecule has 0 radical (unpaired) electrons. The predicted octanol–water partition coefficient (Wildman–Crippen LogP) is 2.81. The molecule has 0 unspecified atom stereocenters. The van der Waals surface area contributed by atoms with Crippen molar-refractivity contribution in [1.82, 2.24) is 4.98 Å². The van der Waals surface area contributed by atoms with Crippen LogP contribution in [0.1, 0.15) is 10.6 Å². The largest absolute Gasteiger partial charge is 0.453 e. The Morgan fingerprint density at radius 1 is 1.29 bits per heavy atom. The maximum absolute atomic E-state index is 10.4. The number of rotatable bonds is 2. The molecular formula is C10H6ClNO2. The third-order valence-electron chi connectivity index (χ3n) is 1.75. The summed E-state index contributed by atoms with van der Waals surface area (Å²) in [6.45, 7) is 0. The number of carbonyl (C=O) groups is 1. The first-order valence-electron chi connectivity index (χ1n) is 3.96. The highest BCUT2D eigenvalue weighted by atomic mass is 35.5. The molecule has 3 nitrogen and oxygen atoms in total. The lowest BCUT2D eigenvalue weighted by Gasteiger charge is -1.94. The van der Waals surface area contributed by atoms with Crippen LogP contribution in [-0.2, 0) is 0 Å². The maximum Gasteiger partial charge on any atom is 0.185 e. The summed E-state index contributed by atoms with van der Waals surface area (Å²) in [6.07, 6.45) is 2.25. The lowest BCUT2D eigenvalue weighted by Crippen LogP contribution is -1.77. The van der Waals surface area contributed by atoms with Gasteiger partial charge < -0.3 is 4.42 Å². The van der Waals surface area contributed by atoms with Crippen LogP contribution in [0.25, 0.3) is 11.3 Å². The van der Waals surface area contributed by atoms with Gasteiger partial charge in [0.15, 0.2) is 12.0 Å². The molecule has 0 bridgehead atoms. The van der Waals surface area contributed by atoms with Gasteiger partial charge in [0.25, 0.3) is 0 Å². The van der Waals surface area contributed by atoms with Gasteiger partial charge >= 0.3 is 0 Å². The smallest absolute Gasteiger partial charge is 0.185 e. The predicted molar refractivity (Wildman–Crippen MR) is 52.3 cm³/mol. The standard InChI is InChI=1S/C10H6ClNO2/c11-10-4-1-7(5-12-10)9-3-2-8(6-13)14-9/h1-6H. The van der Waals surface area contributed by atoms with Crippen LogP contribution in [0.2, 0.25) is 5.15 Å². The molecule has 0 aliphatic rings. The van der Waals surface area contributed by atoms with E-state index in [1.54, 1.807) is 30.5 Å². The Hall–Kier alpha value is -1.61. The van der Waals surface area contributed by atoms with Crippen molar-refractivity contribution in [3.8, 4) is 11.3 Å². The number of pyridine rings is 1. The van der Waals surface area contributed by atoms with Crippen molar-refractivity contribution in [3.63, 3.8) is 0 Å². The van der Waals surface area contributed by atoms with Gasteiger partial charge in [-0.3, -0.25) is 4.79 Å². The number of halogens is 1. The number of hydrogen-bond donors (Lipinski definition) is 0. The SMILES string of the molecule is O=Cc1ccc(-c2ccc(Cl)nc2)o1. The Kier molecular flexibility index (Phi) is 2.33. The van der Waals surface area contributed by atoms with E-state index < -0.39 is 0 Å². The number of carbonyl (C=O) groups excluding carboxylic acids is 1. The van der Waals surface area contributed by atoms with E-state index in [-0.39, 0.29) is 0 Å². The molecule has 0 saturated carbocycles. The number of aromatic nitrogens is 1. The molecule has 2 aromatic rings. The van der Waals surface area contributed by atoms with Gasteiger partial charge in [0, 0.05) is 11.8 Å². The molecule has 2 heterocycles. The molecule has 0 aromatic carbocycles. The Morgan fingerprint density at radius 3 is 2.71 bits per heavy atom. The number of furan rings is 1. The van der Waals surface area contributed by atoms with Crippen LogP contribution in [-0.4, -0.2) is 11.3 Å². The van der Waals surface area contributed by atoms with Crippen LogP contribution in [0.4, 0.5) is 0 Å². The summed E-state index contributed by atoms with van der Waals surface area (Å²) in [5.41, 5.74) is 0.794. The second-order valence-corrected chi connectivity index (χ2v) is 3.08. The van der Waals surface area contributed by atoms with Crippen LogP contribution < -0.4 is 0 Å². The lowest BCUT2D eigenvalue weighted by molar-refractivity contribution is 0.110. The molecule has 14 heavy (non-hydrogen) atoms. The van der Waals surface area contributed by atoms with Gasteiger partial charge in [0.1, 0.15) is 10.9 Å². The van der Waals surface area contributed by atoms with Gasteiger partial charge in [-0.1, -0.05) is 11.6 Å². The van der Waals surface area contributed by atoms with Gasteiger partial charge in [-0.2, -0.15) is 0 Å². The van der Waals surface area contributed by atoms with E-state index in [2.05, 4.69) is 4.98 Å². The molecule has 0 N–H and O–H groups in total. The average Bonchev–Trinajstić information content (AvgIpc) is 2.67. The first-order chi connectivity index (χ1) is 6.79. The second-order valence-electron chi connectivity index (χ2n) is 2.69. The zero-order valence-corrected chi connectivity index (χ0v) is 7.86. The van der Waals surface area contributed by atoms with E-state index in [0.29, 0.717) is 23.0 Å². The molecule has 2 rings (SSSR count). The number of nitrogens with zero attached hydrogens (tertiary/aromatic N) is 1. The summed E-state index contributed by atoms with van der Waals surface area (Å²) in [4.78, 5) is 14.3. The highest BCUT2D eigenvalue weighted by Crippen LogP contribution is 2.21. The fourth-order valence-electron chi connectivity index (χ4n) is 1.09. The third kappa shape index (κ3) is 1.67. The van der Waals surface area contributed by atoms with E-state index in [0.717, 1.165) is 5.56 Å². The van der Waals surface area contributed by atoms with Gasteiger partial charge in [0.2, 0.25) is 0 Å². The minimum absolute atomic E-state index is 0.301. The van der Waals surface area contributed by atoms with Crippen LogP contribution in [0.15, 0.2) is 34.9 Å². The van der Waals surface area contributed by atoms with E-state index in [1.807, 2.05) is 0 Å². The zero-order valence-electron chi connectivity index (χ0n) is 7.11. The van der Waals surface area contributed by atoms with Crippen LogP contribution in [0.3, 0.4) is 0 Å². The second kappa shape index (κ2) is 3.64. The summed E-state index contributed by atoms with van der Waals surface area (Å²) in [6, 6.07) is 6.77. The Balaban J connectivity index is 2.39. The quantitative estimate of drug-likeness (QED) is 0.562. The third-order valence-corrected chi connectivity index (χ3v) is 1.98. The summed E-state index contributed by atoms with van der Waals surface area (Å²) >= 11 is 5.63. The van der Waals surface area contributed by atoms with E-state index >= 15 is 0 Å². The molecule has 0 atom stereocenters. The van der Waals surface area contributed by atoms with Crippen molar-refractivity contribution in [2.45, 2.75) is 0 Å². The van der Waals surface area contributed by atoms with Crippen molar-refractivity contribution in [1.29, 1.82) is 0 Å². The average molecular weight is 208 g/mol. The number of aldehydes is 1. The molecule has 0 amide bonds. The summed E-state index contributed by atoms with van der Waals surface area (Å²) in [5.74, 6) is 0.909. The van der Waals surface area contributed by atoms with Crippen molar-refractivity contribution >= 4 is 17.9 Å². The van der Waals surface area contributed by atoms with E-state index in [1.165, 1.54) is 0 Å². The molecule has 0 aliphatic carbocycles. The normalized spacial score (nSPS) is 10.1. The molecule has 70 valence electrons. The minimum Gasteiger partial charge on any atom is -0.453 e. The fourth-order valence-corrected chi connectivity index (χ4v) is 1.20. The molecular weight excluding hydrogens is 202 g/mol. The molecule has 0 spiro atoms. The van der Waals surface area contributed by atoms with Crippen molar-refractivity contribution in [2.75, 3.05) is 0 Å². The highest BCUT2D eigenvalue weighted by molar-refractivity contribution is 6.29. The molecule has 0 aliphatic heterocycles. The molecule has 0 fully saturated rings. The van der Waals surface area contributed by atoms with Gasteiger partial charge in [-0.15, -0.1) is 0 Å². The Morgan fingerprint density at radius 2 is 2.14 bits per heavy atom. The lowest BCUT2D eigenvalue weighted by atomic mass is 10.2. The first kappa shape index (κ1) is 8.97. The Bertz CT molecular complexity index is 447. The first-order valence-corrected chi connectivity index (χ1v) is 4.34. The van der Waals surface area contributed by atoms with Crippen LogP contribution in [0, 0.1) is 0 Å². The van der Waals surface area contributed by atoms with Gasteiger partial charge in [0.05, 0.1) is 0 Å². The summed E-state index contributed by atoms with van der Waals surface area (Å²) in [5, 5.41) is 0.427. The minimum atomic E-state index is 0.301. The van der Waals surface area contributed by atoms with Gasteiger partial charge in [-0.05, 0) is 24.3 Å². The van der Waals surface area contributed by atoms with Crippen LogP contribution >= 0.6 is 11.6 Å². The van der Waals surface area contributed by atoms with Crippen LogP contribution in [0.5, 0.6) is 0 Å². The number of hydrogen-bond acceptors (Lipinski definition) is 3. The molecule has 0 saturated heterocycles. The van der Waals surface area contributed by atoms with E-state index in [9.17, 15) is 4.79 Å². The fraction of sp³-hybridized carbons (Fsp3) is 0. The summed E-state index contributed by atoms with van der Waals surface area (Å²) in [7, 11) is 0. The van der Waals surface area contributed by atoms with Crippen molar-refractivity contribution in [3.05, 3.63) is 41.4 Å².